The summed E-state index contributed by atoms with van der Waals surface area (Å²) in [6.07, 6.45) is -0.563. The molecule has 69 heavy (non-hydrogen) atoms. The standard InChI is InChI=1S/C63H39N5O/c1-3-17-40(18-4-1)61-64-62(43-28-30-53-48(34-43)47-25-13-14-26-52(47)67(53)44-21-5-2-6-22-44)66-63(65-61)50-37-58-51(60-46-24-12-10-16-39(46)29-32-57(60)69-58)36-56(50)68-54-31-27-38-15-9-11-23-45(38)59(54)49-33-41-19-7-8-20-42(41)35-55(49)68/h1-37,63H,(H,64,65,66). The summed E-state index contributed by atoms with van der Waals surface area (Å²) < 4.78 is 11.7. The zero-order valence-electron chi connectivity index (χ0n) is 37.1. The Bertz CT molecular complexity index is 4520. The summed E-state index contributed by atoms with van der Waals surface area (Å²) in [5, 5.41) is 18.0. The van der Waals surface area contributed by atoms with Crippen molar-refractivity contribution in [2.45, 2.75) is 6.17 Å². The molecule has 0 saturated heterocycles. The maximum absolute atomic E-state index is 6.89. The number of fused-ring (bicyclic) bond motifs is 14. The van der Waals surface area contributed by atoms with Gasteiger partial charge in [-0.1, -0.05) is 152 Å². The SMILES string of the molecule is c1ccc(C2=NC(c3cc4oc5ccc6ccccc6c5c4cc3-n3c4cc5ccccc5cc4c4c5ccccc5ccc43)NC(c3ccc4c(c3)c3ccccc3n4-c3ccccc3)=N2)cc1. The minimum atomic E-state index is -0.563. The van der Waals surface area contributed by atoms with Gasteiger partial charge in [0.05, 0.1) is 27.8 Å². The largest absolute Gasteiger partial charge is 0.456 e. The van der Waals surface area contributed by atoms with Gasteiger partial charge in [-0.2, -0.15) is 0 Å². The Kier molecular flexibility index (Phi) is 8.03. The normalized spacial score (nSPS) is 14.2. The van der Waals surface area contributed by atoms with Crippen LogP contribution >= 0.6 is 0 Å². The summed E-state index contributed by atoms with van der Waals surface area (Å²) in [5.74, 6) is 1.40. The number of rotatable bonds is 5. The van der Waals surface area contributed by atoms with Crippen molar-refractivity contribution in [2.75, 3.05) is 0 Å². The Morgan fingerprint density at radius 1 is 0.391 bits per heavy atom. The van der Waals surface area contributed by atoms with Gasteiger partial charge in [-0.25, -0.2) is 9.98 Å². The lowest BCUT2D eigenvalue weighted by Crippen LogP contribution is -2.34. The maximum Gasteiger partial charge on any atom is 0.159 e. The summed E-state index contributed by atoms with van der Waals surface area (Å²) in [5.41, 5.74) is 11.2. The molecule has 1 aliphatic rings. The lowest BCUT2D eigenvalue weighted by molar-refractivity contribution is 0.653. The van der Waals surface area contributed by atoms with Crippen molar-refractivity contribution < 1.29 is 4.42 Å². The van der Waals surface area contributed by atoms with E-state index in [1.165, 1.54) is 43.1 Å². The highest BCUT2D eigenvalue weighted by Gasteiger charge is 2.28. The van der Waals surface area contributed by atoms with Gasteiger partial charge in [-0.3, -0.25) is 0 Å². The minimum Gasteiger partial charge on any atom is -0.456 e. The average Bonchev–Trinajstić information content (AvgIpc) is 4.07. The van der Waals surface area contributed by atoms with Gasteiger partial charge >= 0.3 is 0 Å². The van der Waals surface area contributed by atoms with E-state index in [-0.39, 0.29) is 0 Å². The van der Waals surface area contributed by atoms with Gasteiger partial charge in [0.25, 0.3) is 0 Å². The van der Waals surface area contributed by atoms with Crippen LogP contribution in [0.5, 0.6) is 0 Å². The Labute approximate surface area is 395 Å². The number of nitrogens with one attached hydrogen (secondary N) is 1. The van der Waals surface area contributed by atoms with Crippen LogP contribution in [0.15, 0.2) is 239 Å². The molecule has 14 aromatic rings. The molecule has 1 unspecified atom stereocenters. The van der Waals surface area contributed by atoms with Gasteiger partial charge in [0.2, 0.25) is 0 Å². The number of benzene rings is 11. The molecular weight excluding hydrogens is 843 g/mol. The Morgan fingerprint density at radius 2 is 1.03 bits per heavy atom. The van der Waals surface area contributed by atoms with Crippen molar-refractivity contribution in [3.05, 3.63) is 241 Å². The van der Waals surface area contributed by atoms with Crippen molar-refractivity contribution in [1.29, 1.82) is 0 Å². The third-order valence-corrected chi connectivity index (χ3v) is 14.3. The van der Waals surface area contributed by atoms with Crippen LogP contribution in [0.2, 0.25) is 0 Å². The third-order valence-electron chi connectivity index (χ3n) is 14.3. The second kappa shape index (κ2) is 14.6. The highest BCUT2D eigenvalue weighted by atomic mass is 16.3. The summed E-state index contributed by atoms with van der Waals surface area (Å²) in [6, 6.07) is 80.4. The highest BCUT2D eigenvalue weighted by Crippen LogP contribution is 2.44. The summed E-state index contributed by atoms with van der Waals surface area (Å²) in [6.45, 7) is 0. The van der Waals surface area contributed by atoms with Crippen LogP contribution in [0.25, 0.3) is 109 Å². The smallest absolute Gasteiger partial charge is 0.159 e. The van der Waals surface area contributed by atoms with Crippen molar-refractivity contribution in [3.8, 4) is 11.4 Å². The number of furan rings is 1. The summed E-state index contributed by atoms with van der Waals surface area (Å²) in [7, 11) is 0. The van der Waals surface area contributed by atoms with E-state index in [0.29, 0.717) is 5.84 Å². The Morgan fingerprint density at radius 3 is 1.83 bits per heavy atom. The summed E-state index contributed by atoms with van der Waals surface area (Å²) >= 11 is 0. The molecule has 15 rings (SSSR count). The molecule has 0 fully saturated rings. The van der Waals surface area contributed by atoms with E-state index in [1.54, 1.807) is 0 Å². The van der Waals surface area contributed by atoms with Gasteiger partial charge in [0, 0.05) is 54.7 Å². The van der Waals surface area contributed by atoms with Crippen LogP contribution in [-0.4, -0.2) is 20.8 Å². The number of hydrogen-bond donors (Lipinski definition) is 1. The zero-order valence-corrected chi connectivity index (χ0v) is 37.1. The second-order valence-electron chi connectivity index (χ2n) is 18.1. The first-order chi connectivity index (χ1) is 34.2. The molecule has 0 saturated carbocycles. The molecule has 1 atom stereocenters. The second-order valence-corrected chi connectivity index (χ2v) is 18.1. The number of nitrogens with zero attached hydrogens (tertiary/aromatic N) is 4. The van der Waals surface area contributed by atoms with E-state index >= 15 is 0 Å². The van der Waals surface area contributed by atoms with Crippen LogP contribution in [-0.2, 0) is 0 Å². The predicted octanol–water partition coefficient (Wildman–Crippen LogP) is 15.7. The fourth-order valence-electron chi connectivity index (χ4n) is 11.2. The van der Waals surface area contributed by atoms with Crippen molar-refractivity contribution in [3.63, 3.8) is 0 Å². The molecule has 322 valence electrons. The molecular formula is C63H39N5O. The molecule has 3 aromatic heterocycles. The van der Waals surface area contributed by atoms with E-state index in [4.69, 9.17) is 14.4 Å². The first kappa shape index (κ1) is 37.9. The number of aromatic nitrogens is 2. The third kappa shape index (κ3) is 5.73. The Balaban J connectivity index is 1.01. The fourth-order valence-corrected chi connectivity index (χ4v) is 11.2. The van der Waals surface area contributed by atoms with Gasteiger partial charge in [-0.05, 0) is 105 Å². The molecule has 0 spiro atoms. The maximum atomic E-state index is 6.89. The zero-order chi connectivity index (χ0) is 45.2. The number of hydrogen-bond acceptors (Lipinski definition) is 4. The van der Waals surface area contributed by atoms with Gasteiger partial charge in [0.1, 0.15) is 23.2 Å². The average molecular weight is 882 g/mol. The monoisotopic (exact) mass is 881 g/mol. The molecule has 6 heteroatoms. The van der Waals surface area contributed by atoms with Gasteiger partial charge in [-0.15, -0.1) is 0 Å². The topological polar surface area (TPSA) is 59.8 Å². The molecule has 1 N–H and O–H groups in total. The van der Waals surface area contributed by atoms with Crippen LogP contribution in [0, 0.1) is 0 Å². The first-order valence-electron chi connectivity index (χ1n) is 23.5. The van der Waals surface area contributed by atoms with E-state index in [1.807, 2.05) is 6.07 Å². The minimum absolute atomic E-state index is 0.563. The number of amidine groups is 2. The quantitative estimate of drug-likeness (QED) is 0.187. The number of aliphatic imine (C=N–C) groups is 2. The molecule has 6 nitrogen and oxygen atoms in total. The highest BCUT2D eigenvalue weighted by molar-refractivity contribution is 6.24. The van der Waals surface area contributed by atoms with Crippen LogP contribution < -0.4 is 5.32 Å². The lowest BCUT2D eigenvalue weighted by atomic mass is 10.0. The van der Waals surface area contributed by atoms with Gasteiger partial charge < -0.3 is 18.9 Å². The predicted molar refractivity (Wildman–Crippen MR) is 287 cm³/mol. The number of para-hydroxylation sites is 2. The molecule has 0 aliphatic carbocycles. The molecule has 0 radical (unpaired) electrons. The molecule has 0 bridgehead atoms. The van der Waals surface area contributed by atoms with E-state index in [2.05, 4.69) is 233 Å². The molecule has 1 aliphatic heterocycles. The van der Waals surface area contributed by atoms with E-state index in [0.717, 1.165) is 88.7 Å². The Hall–Kier alpha value is -9.26. The molecule has 0 amide bonds. The van der Waals surface area contributed by atoms with Gasteiger partial charge in [0.15, 0.2) is 5.84 Å². The van der Waals surface area contributed by atoms with Crippen molar-refractivity contribution in [1.82, 2.24) is 14.5 Å². The summed E-state index contributed by atoms with van der Waals surface area (Å²) in [4.78, 5) is 10.9. The lowest BCUT2D eigenvalue weighted by Gasteiger charge is -2.26. The molecule has 4 heterocycles. The first-order valence-corrected chi connectivity index (χ1v) is 23.5. The van der Waals surface area contributed by atoms with E-state index < -0.39 is 6.17 Å². The van der Waals surface area contributed by atoms with Crippen LogP contribution in [0.3, 0.4) is 0 Å². The van der Waals surface area contributed by atoms with Crippen LogP contribution in [0.1, 0.15) is 22.9 Å². The molecule has 11 aromatic carbocycles. The fraction of sp³-hybridized carbons (Fsp3) is 0.0159. The van der Waals surface area contributed by atoms with Crippen molar-refractivity contribution in [2.24, 2.45) is 9.98 Å². The van der Waals surface area contributed by atoms with E-state index in [9.17, 15) is 0 Å². The van der Waals surface area contributed by atoms with Crippen LogP contribution in [0.4, 0.5) is 0 Å². The van der Waals surface area contributed by atoms with Crippen molar-refractivity contribution >= 4 is 110 Å².